The Kier molecular flexibility index (Phi) is 10.3. The van der Waals surface area contributed by atoms with E-state index in [0.29, 0.717) is 31.5 Å². The summed E-state index contributed by atoms with van der Waals surface area (Å²) in [4.78, 5) is 55.3. The molecule has 1 aromatic rings. The Morgan fingerprint density at radius 2 is 1.90 bits per heavy atom. The van der Waals surface area contributed by atoms with Crippen LogP contribution in [0.2, 0.25) is 0 Å². The molecule has 0 spiro atoms. The van der Waals surface area contributed by atoms with E-state index >= 15 is 0 Å². The van der Waals surface area contributed by atoms with Crippen LogP contribution in [0.15, 0.2) is 24.3 Å². The quantitative estimate of drug-likeness (QED) is 0.443. The molecule has 218 valence electrons. The summed E-state index contributed by atoms with van der Waals surface area (Å²) in [5.41, 5.74) is 0.870. The van der Waals surface area contributed by atoms with E-state index in [0.717, 1.165) is 18.3 Å². The van der Waals surface area contributed by atoms with Gasteiger partial charge in [0.1, 0.15) is 24.0 Å². The first kappa shape index (κ1) is 31.0. The van der Waals surface area contributed by atoms with Gasteiger partial charge in [0.2, 0.25) is 5.91 Å². The molecule has 1 aromatic carbocycles. The number of carbonyl (C=O) groups is 4. The van der Waals surface area contributed by atoms with Crippen LogP contribution in [0.25, 0.3) is 0 Å². The molecule has 40 heavy (non-hydrogen) atoms. The van der Waals surface area contributed by atoms with E-state index in [4.69, 9.17) is 4.74 Å². The number of alkyl carbamates (subject to hydrolysis) is 1. The highest BCUT2D eigenvalue weighted by atomic mass is 16.6. The second-order valence-electron chi connectivity index (χ2n) is 11.8. The van der Waals surface area contributed by atoms with E-state index in [9.17, 15) is 24.4 Å². The second-order valence-corrected chi connectivity index (χ2v) is 11.8. The summed E-state index contributed by atoms with van der Waals surface area (Å²) >= 11 is 0. The lowest BCUT2D eigenvalue weighted by atomic mass is 10.0. The van der Waals surface area contributed by atoms with Gasteiger partial charge in [-0.15, -0.1) is 0 Å². The maximum absolute atomic E-state index is 13.5. The molecule has 0 saturated carbocycles. The number of benzene rings is 1. The van der Waals surface area contributed by atoms with Gasteiger partial charge in [0, 0.05) is 51.4 Å². The van der Waals surface area contributed by atoms with Crippen molar-refractivity contribution in [2.45, 2.75) is 82.8 Å². The molecule has 11 nitrogen and oxygen atoms in total. The average molecular weight is 555 g/mol. The zero-order chi connectivity index (χ0) is 29.6. The number of hydrogen-bond acceptors (Lipinski definition) is 8. The standard InChI is InChI=1S/C29H42N6O5/c1-19(20-9-11-21(12-10-20)26(37)33(5)6)31-22-14-24(18-36)34(16-22)17-25(32-28(39)40-29(2,3)4)27(38)35-13-7-8-23(35)15-30/h9-12,18-19,22-25,31H,7-8,13-14,16-17H2,1-6H3,(H,32,39)/t19?,22-,23?,24?,25?/m0/s1. The zero-order valence-electron chi connectivity index (χ0n) is 24.3. The van der Waals surface area contributed by atoms with E-state index in [1.165, 1.54) is 9.80 Å². The number of hydrogen-bond donors (Lipinski definition) is 2. The van der Waals surface area contributed by atoms with E-state index in [1.807, 2.05) is 24.0 Å². The van der Waals surface area contributed by atoms with E-state index < -0.39 is 29.8 Å². The predicted octanol–water partition coefficient (Wildman–Crippen LogP) is 2.09. The second kappa shape index (κ2) is 13.2. The molecule has 3 rings (SSSR count). The SMILES string of the molecule is CC(N[C@H]1CC(C=O)N(CC(NC(=O)OC(C)(C)C)C(=O)N2CCCC2C#N)C1)c1ccc(C(=O)N(C)C)cc1. The van der Waals surface area contributed by atoms with Crippen LogP contribution in [0.1, 0.15) is 68.9 Å². The number of rotatable bonds is 9. The van der Waals surface area contributed by atoms with Gasteiger partial charge in [0.05, 0.1) is 12.1 Å². The van der Waals surface area contributed by atoms with Gasteiger partial charge in [-0.25, -0.2) is 4.79 Å². The number of nitriles is 1. The van der Waals surface area contributed by atoms with Gasteiger partial charge >= 0.3 is 6.09 Å². The Bertz CT molecular complexity index is 1110. The molecule has 2 heterocycles. The number of likely N-dealkylation sites (tertiary alicyclic amines) is 2. The summed E-state index contributed by atoms with van der Waals surface area (Å²) in [7, 11) is 3.42. The minimum absolute atomic E-state index is 0.0378. The van der Waals surface area contributed by atoms with Crippen LogP contribution in [-0.2, 0) is 14.3 Å². The first-order valence-corrected chi connectivity index (χ1v) is 13.8. The third-order valence-electron chi connectivity index (χ3n) is 7.25. The van der Waals surface area contributed by atoms with Gasteiger partial charge in [-0.3, -0.25) is 14.5 Å². The number of nitrogens with zero attached hydrogens (tertiary/aromatic N) is 4. The van der Waals surface area contributed by atoms with Crippen molar-refractivity contribution in [1.29, 1.82) is 5.26 Å². The third-order valence-corrected chi connectivity index (χ3v) is 7.25. The van der Waals surface area contributed by atoms with Gasteiger partial charge in [0.15, 0.2) is 0 Å². The molecule has 11 heteroatoms. The van der Waals surface area contributed by atoms with Gasteiger partial charge in [0.25, 0.3) is 5.91 Å². The van der Waals surface area contributed by atoms with Gasteiger partial charge in [-0.1, -0.05) is 12.1 Å². The third kappa shape index (κ3) is 8.02. The van der Waals surface area contributed by atoms with E-state index in [1.54, 1.807) is 47.0 Å². The largest absolute Gasteiger partial charge is 0.444 e. The zero-order valence-corrected chi connectivity index (χ0v) is 24.3. The van der Waals surface area contributed by atoms with E-state index in [2.05, 4.69) is 16.7 Å². The van der Waals surface area contributed by atoms with Crippen molar-refractivity contribution in [3.8, 4) is 6.07 Å². The fraction of sp³-hybridized carbons (Fsp3) is 0.621. The van der Waals surface area contributed by atoms with Crippen molar-refractivity contribution < 1.29 is 23.9 Å². The minimum atomic E-state index is -0.968. The van der Waals surface area contributed by atoms with E-state index in [-0.39, 0.29) is 30.4 Å². The van der Waals surface area contributed by atoms with Crippen LogP contribution >= 0.6 is 0 Å². The van der Waals surface area contributed by atoms with Crippen molar-refractivity contribution in [2.75, 3.05) is 33.7 Å². The average Bonchev–Trinajstić information content (AvgIpc) is 3.52. The Labute approximate surface area is 236 Å². The summed E-state index contributed by atoms with van der Waals surface area (Å²) in [5.74, 6) is -0.414. The monoisotopic (exact) mass is 554 g/mol. The molecule has 0 aromatic heterocycles. The lowest BCUT2D eigenvalue weighted by Gasteiger charge is -2.31. The Morgan fingerprint density at radius 1 is 1.23 bits per heavy atom. The van der Waals surface area contributed by atoms with Crippen LogP contribution in [0.4, 0.5) is 4.79 Å². The molecular weight excluding hydrogens is 512 g/mol. The van der Waals surface area contributed by atoms with Crippen LogP contribution in [0, 0.1) is 11.3 Å². The number of ether oxygens (including phenoxy) is 1. The number of nitrogens with one attached hydrogen (secondary N) is 2. The Balaban J connectivity index is 1.70. The maximum atomic E-state index is 13.5. The first-order chi connectivity index (χ1) is 18.8. The first-order valence-electron chi connectivity index (χ1n) is 13.8. The maximum Gasteiger partial charge on any atom is 0.408 e. The Hall–Kier alpha value is -3.49. The normalized spacial score (nSPS) is 22.7. The van der Waals surface area contributed by atoms with Crippen LogP contribution in [0.5, 0.6) is 0 Å². The summed E-state index contributed by atoms with van der Waals surface area (Å²) in [5, 5.41) is 15.8. The molecule has 2 saturated heterocycles. The molecule has 2 aliphatic rings. The minimum Gasteiger partial charge on any atom is -0.444 e. The Morgan fingerprint density at radius 3 is 2.48 bits per heavy atom. The van der Waals surface area contributed by atoms with Crippen molar-refractivity contribution in [2.24, 2.45) is 0 Å². The smallest absolute Gasteiger partial charge is 0.408 e. The lowest BCUT2D eigenvalue weighted by Crippen LogP contribution is -2.56. The topological polar surface area (TPSA) is 135 Å². The highest BCUT2D eigenvalue weighted by molar-refractivity contribution is 5.93. The summed E-state index contributed by atoms with van der Waals surface area (Å²) in [6.45, 7) is 8.29. The van der Waals surface area contributed by atoms with Gasteiger partial charge in [-0.2, -0.15) is 5.26 Å². The fourth-order valence-corrected chi connectivity index (χ4v) is 5.26. The van der Waals surface area contributed by atoms with Crippen LogP contribution < -0.4 is 10.6 Å². The molecule has 2 fully saturated rings. The summed E-state index contributed by atoms with van der Waals surface area (Å²) < 4.78 is 5.40. The van der Waals surface area contributed by atoms with Crippen molar-refractivity contribution in [1.82, 2.24) is 25.3 Å². The molecule has 2 N–H and O–H groups in total. The molecule has 0 radical (unpaired) electrons. The highest BCUT2D eigenvalue weighted by Crippen LogP contribution is 2.23. The molecule has 0 aliphatic carbocycles. The fourth-order valence-electron chi connectivity index (χ4n) is 5.26. The summed E-state index contributed by atoms with van der Waals surface area (Å²) in [6, 6.07) is 7.59. The van der Waals surface area contributed by atoms with Crippen molar-refractivity contribution in [3.05, 3.63) is 35.4 Å². The van der Waals surface area contributed by atoms with Crippen LogP contribution in [0.3, 0.4) is 0 Å². The van der Waals surface area contributed by atoms with Gasteiger partial charge < -0.3 is 30.0 Å². The molecule has 4 unspecified atom stereocenters. The van der Waals surface area contributed by atoms with Gasteiger partial charge in [-0.05, 0) is 64.7 Å². The molecule has 2 aliphatic heterocycles. The number of carbonyl (C=O) groups excluding carboxylic acids is 4. The molecular formula is C29H42N6O5. The molecule has 0 bridgehead atoms. The van der Waals surface area contributed by atoms with Crippen molar-refractivity contribution >= 4 is 24.2 Å². The molecule has 3 amide bonds. The highest BCUT2D eigenvalue weighted by Gasteiger charge is 2.39. The lowest BCUT2D eigenvalue weighted by molar-refractivity contribution is -0.134. The van der Waals surface area contributed by atoms with Crippen LogP contribution in [-0.4, -0.2) is 102 Å². The number of aldehydes is 1. The van der Waals surface area contributed by atoms with Crippen molar-refractivity contribution in [3.63, 3.8) is 0 Å². The summed E-state index contributed by atoms with van der Waals surface area (Å²) in [6.07, 6.45) is 2.01. The number of amides is 3. The molecule has 5 atom stereocenters. The predicted molar refractivity (Wildman–Crippen MR) is 149 cm³/mol.